The number of pyridine rings is 1. The van der Waals surface area contributed by atoms with Crippen molar-refractivity contribution in [3.05, 3.63) is 59.6 Å². The molecule has 4 aromatic rings. The third-order valence-corrected chi connectivity index (χ3v) is 8.19. The number of fused-ring (bicyclic) bond motifs is 1. The van der Waals surface area contributed by atoms with E-state index < -0.39 is 5.97 Å². The van der Waals surface area contributed by atoms with E-state index in [1.54, 1.807) is 11.1 Å². The van der Waals surface area contributed by atoms with Crippen molar-refractivity contribution < 1.29 is 19.1 Å². The molecule has 5 rings (SSSR count). The van der Waals surface area contributed by atoms with Crippen molar-refractivity contribution in [1.82, 2.24) is 23.4 Å². The molecule has 210 valence electrons. The molecule has 0 aliphatic heterocycles. The predicted octanol–water partition coefficient (Wildman–Crippen LogP) is 7.98. The number of furan rings is 1. The van der Waals surface area contributed by atoms with Crippen molar-refractivity contribution in [1.29, 1.82) is 0 Å². The van der Waals surface area contributed by atoms with Gasteiger partial charge in [0, 0.05) is 34.7 Å². The second-order valence-electron chi connectivity index (χ2n) is 9.96. The largest absolute Gasteiger partial charge is 0.477 e. The molecule has 0 radical (unpaired) electrons. The standard InChI is InChI=1S/C29H30N2O4S.3H3N/c1-17(2)31(28(32)21-8-6-18(3)7-9-21)23-16-26(36-27(23)29(33)34)20-12-10-19(11-13-20)25-15-22-24(35-25)5-4-14-30-22;;;/h4-5,10-18,21H,6-9H2,1-3H3,(H,33,34);3*1H3/t18-,21-;;;. The van der Waals surface area contributed by atoms with Crippen LogP contribution < -0.4 is 23.4 Å². The lowest BCUT2D eigenvalue weighted by Gasteiger charge is -2.33. The van der Waals surface area contributed by atoms with Crippen LogP contribution in [0.2, 0.25) is 0 Å². The van der Waals surface area contributed by atoms with Crippen LogP contribution in [-0.2, 0) is 4.79 Å². The Hall–Kier alpha value is -3.57. The summed E-state index contributed by atoms with van der Waals surface area (Å²) >= 11 is 1.21. The van der Waals surface area contributed by atoms with Gasteiger partial charge in [0.05, 0.1) is 5.69 Å². The van der Waals surface area contributed by atoms with Gasteiger partial charge in [-0.2, -0.15) is 0 Å². The average Bonchev–Trinajstić information content (AvgIpc) is 3.49. The van der Waals surface area contributed by atoms with Crippen molar-refractivity contribution >= 4 is 40.0 Å². The molecule has 1 aliphatic rings. The van der Waals surface area contributed by atoms with Crippen LogP contribution in [0.4, 0.5) is 5.69 Å². The van der Waals surface area contributed by atoms with E-state index in [1.165, 1.54) is 11.3 Å². The molecular formula is C29H39N5O4S. The van der Waals surface area contributed by atoms with Crippen LogP contribution in [0.5, 0.6) is 0 Å². The van der Waals surface area contributed by atoms with Crippen molar-refractivity contribution in [2.24, 2.45) is 11.8 Å². The van der Waals surface area contributed by atoms with Gasteiger partial charge in [-0.3, -0.25) is 9.78 Å². The highest BCUT2D eigenvalue weighted by Crippen LogP contribution is 2.40. The zero-order valence-electron chi connectivity index (χ0n) is 22.9. The molecule has 1 aliphatic carbocycles. The molecule has 0 atom stereocenters. The predicted molar refractivity (Wildman–Crippen MR) is 159 cm³/mol. The Balaban J connectivity index is 0.00000178. The van der Waals surface area contributed by atoms with Crippen LogP contribution in [-0.4, -0.2) is 28.0 Å². The van der Waals surface area contributed by atoms with Gasteiger partial charge in [0.15, 0.2) is 5.58 Å². The average molecular weight is 554 g/mol. The minimum atomic E-state index is -1.01. The molecule has 0 saturated heterocycles. The number of carbonyl (C=O) groups excluding carboxylic acids is 1. The normalized spacial score (nSPS) is 16.6. The molecule has 10 N–H and O–H groups in total. The number of rotatable bonds is 6. The molecule has 0 spiro atoms. The number of anilines is 1. The summed E-state index contributed by atoms with van der Waals surface area (Å²) in [5, 5.41) is 10.00. The number of nitrogens with zero attached hydrogens (tertiary/aromatic N) is 2. The number of carbonyl (C=O) groups is 2. The monoisotopic (exact) mass is 553 g/mol. The Bertz CT molecular complexity index is 1370. The van der Waals surface area contributed by atoms with Crippen molar-refractivity contribution in [2.75, 3.05) is 4.90 Å². The Kier molecular flexibility index (Phi) is 10.5. The summed E-state index contributed by atoms with van der Waals surface area (Å²) < 4.78 is 5.92. The highest BCUT2D eigenvalue weighted by atomic mass is 32.1. The molecule has 3 heterocycles. The van der Waals surface area contributed by atoms with Crippen molar-refractivity contribution in [3.63, 3.8) is 0 Å². The van der Waals surface area contributed by atoms with Gasteiger partial charge in [0.25, 0.3) is 0 Å². The number of hydrogen-bond acceptors (Lipinski definition) is 8. The van der Waals surface area contributed by atoms with E-state index in [0.29, 0.717) is 11.6 Å². The summed E-state index contributed by atoms with van der Waals surface area (Å²) in [7, 11) is 0. The Morgan fingerprint density at radius 2 is 1.64 bits per heavy atom. The minimum Gasteiger partial charge on any atom is -0.477 e. The van der Waals surface area contributed by atoms with Gasteiger partial charge in [-0.05, 0) is 69.2 Å². The minimum absolute atomic E-state index is 0. The number of carboxylic acid groups (broad SMARTS) is 1. The molecule has 10 heteroatoms. The van der Waals surface area contributed by atoms with Gasteiger partial charge in [0.2, 0.25) is 5.91 Å². The summed E-state index contributed by atoms with van der Waals surface area (Å²) in [6.07, 6.45) is 5.54. The number of aromatic nitrogens is 1. The summed E-state index contributed by atoms with van der Waals surface area (Å²) in [6, 6.07) is 15.2. The first kappa shape index (κ1) is 31.6. The van der Waals surface area contributed by atoms with E-state index in [1.807, 2.05) is 62.4 Å². The van der Waals surface area contributed by atoms with E-state index in [4.69, 9.17) is 4.42 Å². The number of benzene rings is 1. The Labute approximate surface area is 233 Å². The maximum atomic E-state index is 13.6. The molecule has 1 fully saturated rings. The number of carboxylic acids is 1. The smallest absolute Gasteiger partial charge is 0.348 e. The fourth-order valence-electron chi connectivity index (χ4n) is 5.02. The first-order valence-corrected chi connectivity index (χ1v) is 13.3. The molecule has 3 aromatic heterocycles. The molecule has 39 heavy (non-hydrogen) atoms. The lowest BCUT2D eigenvalue weighted by atomic mass is 9.82. The fourth-order valence-corrected chi connectivity index (χ4v) is 6.02. The fraction of sp³-hybridized carbons (Fsp3) is 0.345. The van der Waals surface area contributed by atoms with Gasteiger partial charge < -0.3 is 32.9 Å². The van der Waals surface area contributed by atoms with Gasteiger partial charge in [-0.15, -0.1) is 11.3 Å². The van der Waals surface area contributed by atoms with Crippen LogP contribution in [0.1, 0.15) is 56.1 Å². The van der Waals surface area contributed by atoms with E-state index in [-0.39, 0.29) is 41.2 Å². The van der Waals surface area contributed by atoms with E-state index in [0.717, 1.165) is 58.5 Å². The SMILES string of the molecule is CC(C)N(c1cc(-c2ccc(-c3cc4ncccc4o3)cc2)sc1C(=O)O)C(=O)[C@H]1CC[C@H](C)CC1.N.N.N. The molecular weight excluding hydrogens is 514 g/mol. The van der Waals surface area contributed by atoms with Crippen LogP contribution in [0.25, 0.3) is 32.9 Å². The zero-order valence-corrected chi connectivity index (χ0v) is 23.7. The van der Waals surface area contributed by atoms with Crippen LogP contribution in [0.15, 0.2) is 59.1 Å². The van der Waals surface area contributed by atoms with Gasteiger partial charge in [-0.1, -0.05) is 31.2 Å². The second kappa shape index (κ2) is 13.0. The first-order valence-electron chi connectivity index (χ1n) is 12.5. The van der Waals surface area contributed by atoms with Gasteiger partial charge in [0.1, 0.15) is 16.2 Å². The number of amides is 1. The first-order chi connectivity index (χ1) is 17.3. The van der Waals surface area contributed by atoms with Gasteiger partial charge in [-0.25, -0.2) is 4.79 Å². The summed E-state index contributed by atoms with van der Waals surface area (Å²) in [6.45, 7) is 6.12. The third-order valence-electron chi connectivity index (χ3n) is 7.03. The molecule has 0 bridgehead atoms. The summed E-state index contributed by atoms with van der Waals surface area (Å²) in [4.78, 5) is 32.8. The molecule has 1 aromatic carbocycles. The topological polar surface area (TPSA) is 189 Å². The Morgan fingerprint density at radius 3 is 2.23 bits per heavy atom. The highest BCUT2D eigenvalue weighted by Gasteiger charge is 2.33. The van der Waals surface area contributed by atoms with E-state index in [9.17, 15) is 14.7 Å². The van der Waals surface area contributed by atoms with Crippen LogP contribution in [0.3, 0.4) is 0 Å². The van der Waals surface area contributed by atoms with Crippen LogP contribution >= 0.6 is 11.3 Å². The zero-order chi connectivity index (χ0) is 25.4. The summed E-state index contributed by atoms with van der Waals surface area (Å²) in [5.74, 6) is 0.349. The van der Waals surface area contributed by atoms with E-state index in [2.05, 4.69) is 11.9 Å². The molecule has 1 saturated carbocycles. The van der Waals surface area contributed by atoms with Gasteiger partial charge >= 0.3 is 5.97 Å². The van der Waals surface area contributed by atoms with Crippen LogP contribution in [0, 0.1) is 11.8 Å². The maximum Gasteiger partial charge on any atom is 0.348 e. The molecule has 9 nitrogen and oxygen atoms in total. The second-order valence-corrected chi connectivity index (χ2v) is 11.0. The lowest BCUT2D eigenvalue weighted by molar-refractivity contribution is -0.123. The number of thiophene rings is 1. The van der Waals surface area contributed by atoms with Crippen molar-refractivity contribution in [2.45, 2.75) is 52.5 Å². The number of aromatic carboxylic acids is 1. The quantitative estimate of drug-likeness (QED) is 0.185. The lowest BCUT2D eigenvalue weighted by Crippen LogP contribution is -2.42. The summed E-state index contributed by atoms with van der Waals surface area (Å²) in [5.41, 5.74) is 3.84. The Morgan fingerprint density at radius 1 is 1.00 bits per heavy atom. The third kappa shape index (κ3) is 6.36. The maximum absolute atomic E-state index is 13.6. The van der Waals surface area contributed by atoms with E-state index >= 15 is 0 Å². The van der Waals surface area contributed by atoms with Crippen molar-refractivity contribution in [3.8, 4) is 21.8 Å². The number of hydrogen-bond donors (Lipinski definition) is 4. The molecule has 1 amide bonds. The molecule has 0 unspecified atom stereocenters. The highest BCUT2D eigenvalue weighted by molar-refractivity contribution is 7.18.